The van der Waals surface area contributed by atoms with E-state index in [9.17, 15) is 9.59 Å². The van der Waals surface area contributed by atoms with Crippen molar-refractivity contribution in [1.82, 2.24) is 4.90 Å². The Bertz CT molecular complexity index is 940. The van der Waals surface area contributed by atoms with E-state index in [-0.39, 0.29) is 17.5 Å². The monoisotopic (exact) mass is 481 g/mol. The summed E-state index contributed by atoms with van der Waals surface area (Å²) in [7, 11) is 0. The highest BCUT2D eigenvalue weighted by Gasteiger charge is 2.60. The number of rotatable bonds is 2. The molecule has 2 heterocycles. The van der Waals surface area contributed by atoms with Crippen LogP contribution in [0.1, 0.15) is 98.8 Å². The van der Waals surface area contributed by atoms with E-state index in [1.807, 2.05) is 0 Å². The number of allylic oxidation sites excluding steroid dienone is 1. The number of carbonyl (C=O) groups excluding carboxylic acids is 2. The van der Waals surface area contributed by atoms with Gasteiger partial charge in [0.15, 0.2) is 0 Å². The highest BCUT2D eigenvalue weighted by Crippen LogP contribution is 2.65. The lowest BCUT2D eigenvalue weighted by atomic mass is 9.52. The van der Waals surface area contributed by atoms with Crippen molar-refractivity contribution in [2.45, 2.75) is 117 Å². The molecule has 0 aromatic heterocycles. The summed E-state index contributed by atoms with van der Waals surface area (Å²) in [5.74, 6) is 4.75. The summed E-state index contributed by atoms with van der Waals surface area (Å²) in [6, 6.07) is 0.382. The minimum Gasteiger partial charge on any atom is -0.369 e. The maximum atomic E-state index is 12.2. The lowest BCUT2D eigenvalue weighted by Gasteiger charge is -2.52. The van der Waals surface area contributed by atoms with Crippen LogP contribution in [-0.4, -0.2) is 47.3 Å². The summed E-state index contributed by atoms with van der Waals surface area (Å²) < 4.78 is 7.13. The summed E-state index contributed by atoms with van der Waals surface area (Å²) in [4.78, 5) is 26.8. The van der Waals surface area contributed by atoms with Crippen molar-refractivity contribution in [3.8, 4) is 0 Å². The predicted octanol–water partition coefficient (Wildman–Crippen LogP) is 5.98. The second-order valence-corrected chi connectivity index (χ2v) is 14.1. The van der Waals surface area contributed by atoms with E-state index in [1.165, 1.54) is 25.7 Å². The van der Waals surface area contributed by atoms with Crippen LogP contribution in [0.2, 0.25) is 0 Å². The molecular formula is C31H47NO3. The Kier molecular flexibility index (Phi) is 5.92. The topological polar surface area (TPSA) is 46.6 Å². The van der Waals surface area contributed by atoms with Crippen molar-refractivity contribution >= 4 is 11.6 Å². The van der Waals surface area contributed by atoms with Gasteiger partial charge in [0, 0.05) is 31.3 Å². The molecule has 2 aliphatic heterocycles. The molecule has 194 valence electrons. The van der Waals surface area contributed by atoms with Gasteiger partial charge in [-0.25, -0.2) is 0 Å². The zero-order valence-electron chi connectivity index (χ0n) is 22.8. The minimum atomic E-state index is -0.0658. The zero-order valence-corrected chi connectivity index (χ0v) is 22.8. The van der Waals surface area contributed by atoms with E-state index < -0.39 is 0 Å². The van der Waals surface area contributed by atoms with Crippen molar-refractivity contribution in [3.63, 3.8) is 0 Å². The Morgan fingerprint density at radius 1 is 1.14 bits per heavy atom. The fourth-order valence-corrected chi connectivity index (χ4v) is 10.5. The summed E-state index contributed by atoms with van der Waals surface area (Å²) in [5, 5.41) is 0. The lowest BCUT2D eigenvalue weighted by Crippen LogP contribution is -2.53. The molecule has 0 bridgehead atoms. The van der Waals surface area contributed by atoms with Crippen LogP contribution in [0.3, 0.4) is 0 Å². The molecule has 10 atom stereocenters. The average Bonchev–Trinajstić information content (AvgIpc) is 3.24. The van der Waals surface area contributed by atoms with Crippen molar-refractivity contribution < 1.29 is 14.3 Å². The minimum absolute atomic E-state index is 0.0658. The number of piperidine rings is 1. The number of hydrogen-bond acceptors (Lipinski definition) is 4. The first-order chi connectivity index (χ1) is 16.6. The smallest absolute Gasteiger partial charge is 0.143 e. The van der Waals surface area contributed by atoms with Crippen LogP contribution in [0.15, 0.2) is 11.1 Å². The summed E-state index contributed by atoms with van der Waals surface area (Å²) in [6.45, 7) is 13.1. The van der Waals surface area contributed by atoms with Gasteiger partial charge in [-0.3, -0.25) is 14.5 Å². The molecule has 0 aromatic carbocycles. The summed E-state index contributed by atoms with van der Waals surface area (Å²) >= 11 is 0. The number of carbonyl (C=O) groups is 2. The Morgan fingerprint density at radius 3 is 2.71 bits per heavy atom. The first kappa shape index (κ1) is 24.3. The number of nitrogens with zero attached hydrogens (tertiary/aromatic N) is 1. The van der Waals surface area contributed by atoms with E-state index >= 15 is 0 Å². The number of ether oxygens (including phenoxy) is 1. The van der Waals surface area contributed by atoms with Gasteiger partial charge in [0.05, 0.1) is 18.2 Å². The van der Waals surface area contributed by atoms with E-state index in [1.54, 1.807) is 18.1 Å². The molecule has 3 saturated carbocycles. The number of Topliss-reactive ketones (excluding diaryl/α,β-unsaturated/α-hetero) is 2. The Balaban J connectivity index is 1.27. The summed E-state index contributed by atoms with van der Waals surface area (Å²) in [6.07, 6.45) is 11.5. The third-order valence-corrected chi connectivity index (χ3v) is 12.1. The molecule has 0 unspecified atom stereocenters. The fraction of sp³-hybridized carbons (Fsp3) is 0.871. The van der Waals surface area contributed by atoms with Gasteiger partial charge in [-0.2, -0.15) is 0 Å². The van der Waals surface area contributed by atoms with Crippen molar-refractivity contribution in [2.24, 2.45) is 40.9 Å². The van der Waals surface area contributed by atoms with Gasteiger partial charge in [-0.1, -0.05) is 31.9 Å². The highest BCUT2D eigenvalue weighted by atomic mass is 16.5. The molecule has 6 rings (SSSR count). The van der Waals surface area contributed by atoms with Gasteiger partial charge < -0.3 is 4.74 Å². The standard InChI is InChI=1S/C31H47NO3/c1-18-12-28-29(32(16-18)17-20(3)33)21(4)31(35-28)11-9-24-25-7-6-22-13-23(34)8-10-30(22,5)27(25)14-26(24)19(2)15-31/h18,21-22,24-25,27-29H,6-17H2,1-5H3/t18-,21+,22+,24-,25-,27-,28+,29-,30-,31-/m0/s1. The number of ketones is 2. The maximum Gasteiger partial charge on any atom is 0.143 e. The van der Waals surface area contributed by atoms with E-state index in [0.717, 1.165) is 62.8 Å². The Morgan fingerprint density at radius 2 is 1.94 bits per heavy atom. The molecule has 2 saturated heterocycles. The number of likely N-dealkylation sites (tertiary alicyclic amines) is 1. The first-order valence-electron chi connectivity index (χ1n) is 14.7. The summed E-state index contributed by atoms with van der Waals surface area (Å²) in [5.41, 5.74) is 3.69. The van der Waals surface area contributed by atoms with Gasteiger partial charge in [0.2, 0.25) is 0 Å². The fourth-order valence-electron chi connectivity index (χ4n) is 10.5. The van der Waals surface area contributed by atoms with Crippen molar-refractivity contribution in [2.75, 3.05) is 13.1 Å². The molecule has 0 aromatic rings. The average molecular weight is 482 g/mol. The second-order valence-electron chi connectivity index (χ2n) is 14.1. The molecular weight excluding hydrogens is 434 g/mol. The van der Waals surface area contributed by atoms with Gasteiger partial charge in [-0.05, 0) is 100 Å². The molecule has 4 nitrogen and oxygen atoms in total. The SMILES string of the molecule is CC(=O)CN1C[C@@H](C)C[C@H]2O[C@]3(CC[C@@H]4C(=C(C)C3)C[C@H]3[C@H]4CC[C@@H]4CC(=O)CC[C@@]43C)[C@H](C)[C@@H]21. The van der Waals surface area contributed by atoms with E-state index in [2.05, 4.69) is 32.6 Å². The first-order valence-corrected chi connectivity index (χ1v) is 14.7. The molecule has 1 spiro atoms. The van der Waals surface area contributed by atoms with Crippen LogP contribution in [0.4, 0.5) is 0 Å². The van der Waals surface area contributed by atoms with Gasteiger partial charge in [-0.15, -0.1) is 0 Å². The van der Waals surface area contributed by atoms with Gasteiger partial charge in [0.1, 0.15) is 11.6 Å². The van der Waals surface area contributed by atoms with Crippen LogP contribution >= 0.6 is 0 Å². The van der Waals surface area contributed by atoms with Crippen LogP contribution in [0.5, 0.6) is 0 Å². The molecule has 35 heavy (non-hydrogen) atoms. The van der Waals surface area contributed by atoms with E-state index in [4.69, 9.17) is 4.74 Å². The molecule has 4 heteroatoms. The molecule has 0 amide bonds. The Labute approximate surface area is 212 Å². The predicted molar refractivity (Wildman–Crippen MR) is 138 cm³/mol. The molecule has 0 N–H and O–H groups in total. The largest absolute Gasteiger partial charge is 0.369 e. The van der Waals surface area contributed by atoms with Gasteiger partial charge >= 0.3 is 0 Å². The number of fused-ring (bicyclic) bond motifs is 6. The normalized spacial score (nSPS) is 49.9. The molecule has 4 aliphatic carbocycles. The second kappa shape index (κ2) is 8.51. The Hall–Kier alpha value is -1.00. The quantitative estimate of drug-likeness (QED) is 0.455. The zero-order chi connectivity index (χ0) is 24.7. The third-order valence-electron chi connectivity index (χ3n) is 12.1. The molecule has 6 aliphatic rings. The van der Waals surface area contributed by atoms with Crippen LogP contribution in [0.25, 0.3) is 0 Å². The van der Waals surface area contributed by atoms with Crippen LogP contribution in [-0.2, 0) is 14.3 Å². The van der Waals surface area contributed by atoms with Crippen molar-refractivity contribution in [1.29, 1.82) is 0 Å². The van der Waals surface area contributed by atoms with Gasteiger partial charge in [0.25, 0.3) is 0 Å². The van der Waals surface area contributed by atoms with Crippen LogP contribution in [0, 0.1) is 40.9 Å². The number of hydrogen-bond donors (Lipinski definition) is 0. The highest BCUT2D eigenvalue weighted by molar-refractivity contribution is 5.79. The molecule has 5 fully saturated rings. The van der Waals surface area contributed by atoms with Crippen LogP contribution < -0.4 is 0 Å². The maximum absolute atomic E-state index is 12.2. The van der Waals surface area contributed by atoms with E-state index in [0.29, 0.717) is 41.5 Å². The van der Waals surface area contributed by atoms with Crippen molar-refractivity contribution in [3.05, 3.63) is 11.1 Å². The molecule has 0 radical (unpaired) electrons. The third kappa shape index (κ3) is 3.75. The lowest BCUT2D eigenvalue weighted by molar-refractivity contribution is -0.130.